The third-order valence-corrected chi connectivity index (χ3v) is 4.14. The van der Waals surface area contributed by atoms with Crippen LogP contribution in [0.25, 0.3) is 0 Å². The van der Waals surface area contributed by atoms with Crippen LogP contribution < -0.4 is 5.32 Å². The molecule has 4 heteroatoms. The average Bonchev–Trinajstić information content (AvgIpc) is 2.73. The van der Waals surface area contributed by atoms with Crippen molar-refractivity contribution < 1.29 is 9.59 Å². The maximum atomic E-state index is 12.2. The van der Waals surface area contributed by atoms with Crippen LogP contribution in [0, 0.1) is 17.3 Å². The number of nitrogens with one attached hydrogen (secondary N) is 1. The Morgan fingerprint density at radius 1 is 1.26 bits per heavy atom. The van der Waals surface area contributed by atoms with Gasteiger partial charge in [-0.15, -0.1) is 0 Å². The Hall–Kier alpha value is -1.16. The molecule has 1 aliphatic heterocycles. The van der Waals surface area contributed by atoms with Crippen LogP contribution in [0.4, 0.5) is 0 Å². The zero-order valence-electron chi connectivity index (χ0n) is 12.5. The van der Waals surface area contributed by atoms with Gasteiger partial charge >= 0.3 is 0 Å². The van der Waals surface area contributed by atoms with Gasteiger partial charge in [0.1, 0.15) is 0 Å². The van der Waals surface area contributed by atoms with Gasteiger partial charge in [0.05, 0.1) is 18.4 Å². The summed E-state index contributed by atoms with van der Waals surface area (Å²) >= 11 is 0. The van der Waals surface area contributed by atoms with Crippen molar-refractivity contribution in [2.45, 2.75) is 40.2 Å². The summed E-state index contributed by atoms with van der Waals surface area (Å²) in [7, 11) is 0. The maximum Gasteiger partial charge on any atom is 0.233 e. The number of fused-ring (bicyclic) bond motifs is 1. The SMILES string of the molecule is C=C(CNC(C)(C)C)CN1C(=O)C2C(C1=O)C2(C)C. The number of hydrogen-bond donors (Lipinski definition) is 1. The summed E-state index contributed by atoms with van der Waals surface area (Å²) in [4.78, 5) is 25.7. The predicted molar refractivity (Wildman–Crippen MR) is 74.4 cm³/mol. The first-order valence-electron chi connectivity index (χ1n) is 6.82. The van der Waals surface area contributed by atoms with Gasteiger partial charge in [0.25, 0.3) is 0 Å². The van der Waals surface area contributed by atoms with E-state index in [1.165, 1.54) is 4.90 Å². The first kappa shape index (κ1) is 14.3. The van der Waals surface area contributed by atoms with Gasteiger partial charge in [-0.05, 0) is 31.8 Å². The van der Waals surface area contributed by atoms with E-state index in [-0.39, 0.29) is 34.6 Å². The Morgan fingerprint density at radius 2 is 1.74 bits per heavy atom. The normalized spacial score (nSPS) is 28.6. The molecule has 0 spiro atoms. The zero-order chi connectivity index (χ0) is 14.6. The third-order valence-electron chi connectivity index (χ3n) is 4.14. The first-order chi connectivity index (χ1) is 8.55. The topological polar surface area (TPSA) is 49.4 Å². The predicted octanol–water partition coefficient (Wildman–Crippen LogP) is 1.57. The smallest absolute Gasteiger partial charge is 0.233 e. The van der Waals surface area contributed by atoms with Gasteiger partial charge in [-0.1, -0.05) is 20.4 Å². The lowest BCUT2D eigenvalue weighted by atomic mass is 10.0. The van der Waals surface area contributed by atoms with Crippen molar-refractivity contribution >= 4 is 11.8 Å². The molecule has 2 rings (SSSR count). The lowest BCUT2D eigenvalue weighted by Crippen LogP contribution is -2.41. The Morgan fingerprint density at radius 3 is 2.16 bits per heavy atom. The summed E-state index contributed by atoms with van der Waals surface area (Å²) in [6.07, 6.45) is 0. The van der Waals surface area contributed by atoms with Crippen LogP contribution in [0.5, 0.6) is 0 Å². The van der Waals surface area contributed by atoms with Gasteiger partial charge in [0.15, 0.2) is 0 Å². The van der Waals surface area contributed by atoms with Crippen molar-refractivity contribution in [3.63, 3.8) is 0 Å². The average molecular weight is 264 g/mol. The largest absolute Gasteiger partial charge is 0.308 e. The van der Waals surface area contributed by atoms with E-state index in [0.717, 1.165) is 5.57 Å². The Balaban J connectivity index is 1.90. The van der Waals surface area contributed by atoms with Crippen LogP contribution in [0.1, 0.15) is 34.6 Å². The molecule has 0 aromatic rings. The second-order valence-electron chi connectivity index (χ2n) is 7.39. The fourth-order valence-electron chi connectivity index (χ4n) is 2.83. The highest BCUT2D eigenvalue weighted by Gasteiger charge is 2.72. The number of likely N-dealkylation sites (tertiary alicyclic amines) is 1. The molecule has 106 valence electrons. The molecule has 19 heavy (non-hydrogen) atoms. The molecular weight excluding hydrogens is 240 g/mol. The number of nitrogens with zero attached hydrogens (tertiary/aromatic N) is 1. The van der Waals surface area contributed by atoms with E-state index in [2.05, 4.69) is 32.7 Å². The molecule has 4 nitrogen and oxygen atoms in total. The number of amides is 2. The second kappa shape index (κ2) is 4.17. The minimum absolute atomic E-state index is 0.00605. The number of hydrogen-bond acceptors (Lipinski definition) is 3. The Bertz CT molecular complexity index is 422. The number of imide groups is 1. The van der Waals surface area contributed by atoms with Gasteiger partial charge < -0.3 is 5.32 Å². The van der Waals surface area contributed by atoms with Crippen LogP contribution in [-0.2, 0) is 9.59 Å². The number of rotatable bonds is 4. The minimum Gasteiger partial charge on any atom is -0.308 e. The third kappa shape index (κ3) is 2.46. The van der Waals surface area contributed by atoms with Crippen LogP contribution in [0.15, 0.2) is 12.2 Å². The van der Waals surface area contributed by atoms with Crippen molar-refractivity contribution in [2.75, 3.05) is 13.1 Å². The molecule has 1 heterocycles. The highest BCUT2D eigenvalue weighted by molar-refractivity contribution is 6.10. The van der Waals surface area contributed by atoms with E-state index in [1.807, 2.05) is 13.8 Å². The van der Waals surface area contributed by atoms with Gasteiger partial charge in [0, 0.05) is 12.1 Å². The summed E-state index contributed by atoms with van der Waals surface area (Å²) in [5.41, 5.74) is 0.748. The molecule has 0 radical (unpaired) electrons. The lowest BCUT2D eigenvalue weighted by molar-refractivity contribution is -0.142. The Kier molecular flexibility index (Phi) is 3.13. The van der Waals surface area contributed by atoms with Gasteiger partial charge in [-0.2, -0.15) is 0 Å². The molecule has 1 aliphatic carbocycles. The van der Waals surface area contributed by atoms with Gasteiger partial charge in [-0.25, -0.2) is 0 Å². The quantitative estimate of drug-likeness (QED) is 0.619. The van der Waals surface area contributed by atoms with Gasteiger partial charge in [-0.3, -0.25) is 14.5 Å². The second-order valence-corrected chi connectivity index (χ2v) is 7.39. The van der Waals surface area contributed by atoms with E-state index in [1.54, 1.807) is 0 Å². The number of carbonyl (C=O) groups excluding carboxylic acids is 2. The van der Waals surface area contributed by atoms with Crippen molar-refractivity contribution in [2.24, 2.45) is 17.3 Å². The molecule has 1 saturated heterocycles. The van der Waals surface area contributed by atoms with Crippen LogP contribution in [0.3, 0.4) is 0 Å². The van der Waals surface area contributed by atoms with Gasteiger partial charge in [0.2, 0.25) is 11.8 Å². The van der Waals surface area contributed by atoms with Crippen molar-refractivity contribution in [3.8, 4) is 0 Å². The number of carbonyl (C=O) groups is 2. The fourth-order valence-corrected chi connectivity index (χ4v) is 2.83. The fraction of sp³-hybridized carbons (Fsp3) is 0.733. The molecule has 1 N–H and O–H groups in total. The first-order valence-corrected chi connectivity index (χ1v) is 6.82. The van der Waals surface area contributed by atoms with E-state index >= 15 is 0 Å². The molecule has 1 saturated carbocycles. The van der Waals surface area contributed by atoms with E-state index in [4.69, 9.17) is 0 Å². The summed E-state index contributed by atoms with van der Waals surface area (Å²) in [6, 6.07) is 0. The minimum atomic E-state index is -0.129. The maximum absolute atomic E-state index is 12.2. The highest BCUT2D eigenvalue weighted by atomic mass is 16.2. The van der Waals surface area contributed by atoms with Crippen molar-refractivity contribution in [1.29, 1.82) is 0 Å². The molecule has 2 aliphatic rings. The molecule has 2 amide bonds. The van der Waals surface area contributed by atoms with Crippen LogP contribution in [0.2, 0.25) is 0 Å². The lowest BCUT2D eigenvalue weighted by Gasteiger charge is -2.24. The molecule has 2 atom stereocenters. The Labute approximate surface area is 115 Å². The summed E-state index contributed by atoms with van der Waals surface area (Å²) in [6.45, 7) is 15.1. The standard InChI is InChI=1S/C15H24N2O2/c1-9(7-16-14(2,3)4)8-17-12(18)10-11(13(17)19)15(10,5)6/h10-11,16H,1,7-8H2,2-6H3. The summed E-state index contributed by atoms with van der Waals surface area (Å²) in [5.74, 6) is -0.222. The number of piperidine rings is 1. The van der Waals surface area contributed by atoms with E-state index in [0.29, 0.717) is 13.1 Å². The van der Waals surface area contributed by atoms with E-state index < -0.39 is 0 Å². The monoisotopic (exact) mass is 264 g/mol. The molecular formula is C15H24N2O2. The zero-order valence-corrected chi connectivity index (χ0v) is 12.5. The molecule has 0 bridgehead atoms. The summed E-state index contributed by atoms with van der Waals surface area (Å²) in [5, 5.41) is 3.32. The molecule has 0 aromatic carbocycles. The van der Waals surface area contributed by atoms with Crippen LogP contribution >= 0.6 is 0 Å². The highest BCUT2D eigenvalue weighted by Crippen LogP contribution is 2.63. The molecule has 2 unspecified atom stereocenters. The molecule has 0 aromatic heterocycles. The van der Waals surface area contributed by atoms with Crippen molar-refractivity contribution in [1.82, 2.24) is 10.2 Å². The van der Waals surface area contributed by atoms with E-state index in [9.17, 15) is 9.59 Å². The molecule has 2 fully saturated rings. The summed E-state index contributed by atoms with van der Waals surface area (Å²) < 4.78 is 0. The van der Waals surface area contributed by atoms with Crippen LogP contribution in [-0.4, -0.2) is 35.3 Å². The van der Waals surface area contributed by atoms with Crippen molar-refractivity contribution in [3.05, 3.63) is 12.2 Å².